The summed E-state index contributed by atoms with van der Waals surface area (Å²) in [6.07, 6.45) is -0.0911. The van der Waals surface area contributed by atoms with Gasteiger partial charge in [-0.05, 0) is 43.6 Å². The molecule has 2 rings (SSSR count). The van der Waals surface area contributed by atoms with Crippen LogP contribution in [0, 0.1) is 11.3 Å². The first-order valence-electron chi connectivity index (χ1n) is 7.77. The van der Waals surface area contributed by atoms with Gasteiger partial charge in [0.25, 0.3) is 0 Å². The molecule has 2 aliphatic rings. The zero-order valence-electron chi connectivity index (χ0n) is 12.8. The van der Waals surface area contributed by atoms with Gasteiger partial charge in [0.2, 0.25) is 0 Å². The van der Waals surface area contributed by atoms with Gasteiger partial charge in [-0.1, -0.05) is 20.8 Å². The highest BCUT2D eigenvalue weighted by Gasteiger charge is 2.45. The number of alkyl halides is 3. The first-order valence-corrected chi connectivity index (χ1v) is 7.77. The highest BCUT2D eigenvalue weighted by atomic mass is 19.4. The second-order valence-corrected chi connectivity index (χ2v) is 7.10. The summed E-state index contributed by atoms with van der Waals surface area (Å²) < 4.78 is 38.1. The molecular weight excluding hydrogens is 265 g/mol. The molecule has 5 heteroatoms. The summed E-state index contributed by atoms with van der Waals surface area (Å²) in [6, 6.07) is 0.504. The van der Waals surface area contributed by atoms with Gasteiger partial charge >= 0.3 is 6.18 Å². The smallest absolute Gasteiger partial charge is 0.313 e. The van der Waals surface area contributed by atoms with Crippen molar-refractivity contribution >= 4 is 0 Å². The number of nitrogens with zero attached hydrogens (tertiary/aromatic N) is 1. The quantitative estimate of drug-likeness (QED) is 0.807. The molecule has 0 aromatic carbocycles. The summed E-state index contributed by atoms with van der Waals surface area (Å²) in [6.45, 7) is 7.25. The summed E-state index contributed by atoms with van der Waals surface area (Å²) in [4.78, 5) is 1.68. The van der Waals surface area contributed by atoms with Crippen molar-refractivity contribution < 1.29 is 13.2 Å². The predicted octanol–water partition coefficient (Wildman–Crippen LogP) is 3.43. The van der Waals surface area contributed by atoms with Crippen molar-refractivity contribution in [1.29, 1.82) is 0 Å². The van der Waals surface area contributed by atoms with E-state index in [9.17, 15) is 13.2 Å². The lowest BCUT2D eigenvalue weighted by molar-refractivity contribution is -0.148. The van der Waals surface area contributed by atoms with Crippen LogP contribution in [0.3, 0.4) is 0 Å². The van der Waals surface area contributed by atoms with Crippen LogP contribution in [0.4, 0.5) is 13.2 Å². The number of hydrogen-bond acceptors (Lipinski definition) is 2. The molecule has 2 atom stereocenters. The molecule has 0 saturated heterocycles. The van der Waals surface area contributed by atoms with Crippen LogP contribution in [0.2, 0.25) is 0 Å². The molecule has 2 nitrogen and oxygen atoms in total. The average molecular weight is 292 g/mol. The standard InChI is InChI=1S/C15H27F3N2/c1-4-19-13-11(7-8-14(13,2)3)9-20(12-5-6-12)10-15(16,17)18/h11-13,19H,4-10H2,1-3H3. The minimum atomic E-state index is -4.08. The lowest BCUT2D eigenvalue weighted by Gasteiger charge is -2.34. The first-order chi connectivity index (χ1) is 9.23. The monoisotopic (exact) mass is 292 g/mol. The Balaban J connectivity index is 1.99. The molecule has 2 saturated carbocycles. The van der Waals surface area contributed by atoms with Gasteiger partial charge in [0.15, 0.2) is 0 Å². The molecule has 0 heterocycles. The molecule has 0 aromatic rings. The minimum absolute atomic E-state index is 0.169. The molecule has 2 aliphatic carbocycles. The summed E-state index contributed by atoms with van der Waals surface area (Å²) >= 11 is 0. The van der Waals surface area contributed by atoms with Gasteiger partial charge < -0.3 is 5.32 Å². The molecule has 0 amide bonds. The minimum Gasteiger partial charge on any atom is -0.313 e. The molecule has 2 fully saturated rings. The Bertz CT molecular complexity index is 324. The maximum atomic E-state index is 12.7. The van der Waals surface area contributed by atoms with Crippen LogP contribution in [0.15, 0.2) is 0 Å². The Morgan fingerprint density at radius 3 is 2.35 bits per heavy atom. The second kappa shape index (κ2) is 5.84. The van der Waals surface area contributed by atoms with Gasteiger partial charge in [-0.15, -0.1) is 0 Å². The molecule has 0 spiro atoms. The molecule has 2 unspecified atom stereocenters. The zero-order chi connectivity index (χ0) is 15.0. The normalized spacial score (nSPS) is 30.1. The van der Waals surface area contributed by atoms with Crippen LogP contribution in [-0.2, 0) is 0 Å². The highest BCUT2D eigenvalue weighted by molar-refractivity contribution is 4.98. The Kier molecular flexibility index (Phi) is 4.69. The van der Waals surface area contributed by atoms with Crippen LogP contribution in [0.5, 0.6) is 0 Å². The maximum absolute atomic E-state index is 12.7. The maximum Gasteiger partial charge on any atom is 0.401 e. The lowest BCUT2D eigenvalue weighted by Crippen LogP contribution is -2.47. The van der Waals surface area contributed by atoms with E-state index in [0.717, 1.165) is 32.2 Å². The van der Waals surface area contributed by atoms with E-state index < -0.39 is 12.7 Å². The molecular formula is C15H27F3N2. The van der Waals surface area contributed by atoms with Gasteiger partial charge in [0, 0.05) is 18.6 Å². The van der Waals surface area contributed by atoms with Gasteiger partial charge in [0.1, 0.15) is 0 Å². The van der Waals surface area contributed by atoms with E-state index in [1.54, 1.807) is 4.90 Å². The largest absolute Gasteiger partial charge is 0.401 e. The summed E-state index contributed by atoms with van der Waals surface area (Å²) in [5.41, 5.74) is 0.189. The molecule has 1 N–H and O–H groups in total. The fourth-order valence-corrected chi connectivity index (χ4v) is 3.69. The number of hydrogen-bond donors (Lipinski definition) is 1. The third-order valence-electron chi connectivity index (χ3n) is 4.81. The van der Waals surface area contributed by atoms with E-state index >= 15 is 0 Å². The molecule has 0 radical (unpaired) electrons. The van der Waals surface area contributed by atoms with Crippen LogP contribution >= 0.6 is 0 Å². The van der Waals surface area contributed by atoms with Crippen LogP contribution in [0.25, 0.3) is 0 Å². The summed E-state index contributed by atoms with van der Waals surface area (Å²) in [7, 11) is 0. The van der Waals surface area contributed by atoms with E-state index in [1.165, 1.54) is 0 Å². The van der Waals surface area contributed by atoms with Crippen molar-refractivity contribution in [2.24, 2.45) is 11.3 Å². The molecule has 0 aromatic heterocycles. The third kappa shape index (κ3) is 4.10. The Hall–Kier alpha value is -0.290. The van der Waals surface area contributed by atoms with E-state index in [-0.39, 0.29) is 11.5 Å². The summed E-state index contributed by atoms with van der Waals surface area (Å²) in [5, 5.41) is 3.50. The fourth-order valence-electron chi connectivity index (χ4n) is 3.69. The summed E-state index contributed by atoms with van der Waals surface area (Å²) in [5.74, 6) is 0.341. The number of halogens is 3. The molecule has 118 valence electrons. The molecule has 20 heavy (non-hydrogen) atoms. The van der Waals surface area contributed by atoms with Gasteiger partial charge in [-0.3, -0.25) is 4.90 Å². The van der Waals surface area contributed by atoms with Crippen molar-refractivity contribution in [1.82, 2.24) is 10.2 Å². The molecule has 0 bridgehead atoms. The Morgan fingerprint density at radius 2 is 1.85 bits per heavy atom. The molecule has 0 aliphatic heterocycles. The van der Waals surface area contributed by atoms with Crippen LogP contribution in [-0.4, -0.2) is 42.8 Å². The van der Waals surface area contributed by atoms with Crippen LogP contribution in [0.1, 0.15) is 46.5 Å². The predicted molar refractivity (Wildman–Crippen MR) is 74.6 cm³/mol. The Labute approximate surface area is 120 Å². The van der Waals surface area contributed by atoms with Crippen molar-refractivity contribution in [3.8, 4) is 0 Å². The number of rotatable bonds is 6. The van der Waals surface area contributed by atoms with E-state index in [1.807, 2.05) is 0 Å². The van der Waals surface area contributed by atoms with Crippen LogP contribution < -0.4 is 5.32 Å². The first kappa shape index (κ1) is 16.1. The van der Waals surface area contributed by atoms with Crippen molar-refractivity contribution in [3.63, 3.8) is 0 Å². The highest BCUT2D eigenvalue weighted by Crippen LogP contribution is 2.43. The van der Waals surface area contributed by atoms with Crippen molar-refractivity contribution in [2.45, 2.75) is 64.7 Å². The van der Waals surface area contributed by atoms with Gasteiger partial charge in [-0.25, -0.2) is 0 Å². The second-order valence-electron chi connectivity index (χ2n) is 7.10. The van der Waals surface area contributed by atoms with E-state index in [2.05, 4.69) is 26.1 Å². The zero-order valence-corrected chi connectivity index (χ0v) is 12.8. The SMILES string of the molecule is CCNC1C(CN(CC(F)(F)F)C2CC2)CCC1(C)C. The lowest BCUT2D eigenvalue weighted by atomic mass is 9.84. The third-order valence-corrected chi connectivity index (χ3v) is 4.81. The van der Waals surface area contributed by atoms with E-state index in [0.29, 0.717) is 18.5 Å². The number of nitrogens with one attached hydrogen (secondary N) is 1. The fraction of sp³-hybridized carbons (Fsp3) is 1.00. The van der Waals surface area contributed by atoms with Gasteiger partial charge in [-0.2, -0.15) is 13.2 Å². The topological polar surface area (TPSA) is 15.3 Å². The van der Waals surface area contributed by atoms with Crippen molar-refractivity contribution in [3.05, 3.63) is 0 Å². The Morgan fingerprint density at radius 1 is 1.20 bits per heavy atom. The van der Waals surface area contributed by atoms with Gasteiger partial charge in [0.05, 0.1) is 6.54 Å². The average Bonchev–Trinajstić information content (AvgIpc) is 3.09. The van der Waals surface area contributed by atoms with Crippen molar-refractivity contribution in [2.75, 3.05) is 19.6 Å². The van der Waals surface area contributed by atoms with E-state index in [4.69, 9.17) is 0 Å².